The summed E-state index contributed by atoms with van der Waals surface area (Å²) in [5.41, 5.74) is 3.06. The van der Waals surface area contributed by atoms with E-state index >= 15 is 0 Å². The van der Waals surface area contributed by atoms with Gasteiger partial charge in [-0.25, -0.2) is 0 Å². The van der Waals surface area contributed by atoms with Gasteiger partial charge >= 0.3 is 0 Å². The van der Waals surface area contributed by atoms with Crippen LogP contribution in [0.25, 0.3) is 0 Å². The van der Waals surface area contributed by atoms with Gasteiger partial charge in [0.15, 0.2) is 5.78 Å². The highest BCUT2D eigenvalue weighted by Crippen LogP contribution is 2.40. The van der Waals surface area contributed by atoms with Gasteiger partial charge in [0, 0.05) is 6.42 Å². The standard InChI is InChI=1S/C14H22O/c1-5-12(15)8-9-13-11(2)7-6-10-14(13,3)4/h8-9H,5-7,10H2,1-4H3. The third-order valence-corrected chi connectivity index (χ3v) is 3.33. The average Bonchev–Trinajstić information content (AvgIpc) is 2.15. The van der Waals surface area contributed by atoms with Crippen LogP contribution in [-0.4, -0.2) is 5.78 Å². The van der Waals surface area contributed by atoms with E-state index in [2.05, 4.69) is 20.8 Å². The predicted molar refractivity (Wildman–Crippen MR) is 64.8 cm³/mol. The summed E-state index contributed by atoms with van der Waals surface area (Å²) in [6, 6.07) is 0. The molecule has 1 nitrogen and oxygen atoms in total. The van der Waals surface area contributed by atoms with E-state index in [9.17, 15) is 4.79 Å². The SMILES string of the molecule is CCC(=O)C=CC1=C(C)CCCC1(C)C. The predicted octanol–water partition coefficient (Wildman–Crippen LogP) is 4.05. The second-order valence-corrected chi connectivity index (χ2v) is 5.08. The van der Waals surface area contributed by atoms with Crippen LogP contribution in [-0.2, 0) is 4.79 Å². The van der Waals surface area contributed by atoms with Crippen molar-refractivity contribution < 1.29 is 4.79 Å². The highest BCUT2D eigenvalue weighted by Gasteiger charge is 2.26. The van der Waals surface area contributed by atoms with Gasteiger partial charge < -0.3 is 0 Å². The van der Waals surface area contributed by atoms with Crippen LogP contribution < -0.4 is 0 Å². The zero-order chi connectivity index (χ0) is 11.5. The van der Waals surface area contributed by atoms with E-state index in [1.165, 1.54) is 30.4 Å². The van der Waals surface area contributed by atoms with E-state index in [-0.39, 0.29) is 11.2 Å². The molecule has 0 atom stereocenters. The van der Waals surface area contributed by atoms with E-state index in [0.717, 1.165) is 0 Å². The highest BCUT2D eigenvalue weighted by atomic mass is 16.1. The molecule has 1 aliphatic carbocycles. The molecule has 15 heavy (non-hydrogen) atoms. The molecule has 0 aromatic rings. The maximum absolute atomic E-state index is 11.3. The van der Waals surface area contributed by atoms with E-state index in [1.54, 1.807) is 6.08 Å². The molecule has 0 saturated heterocycles. The first-order valence-electron chi connectivity index (χ1n) is 5.88. The van der Waals surface area contributed by atoms with Crippen LogP contribution in [0.2, 0.25) is 0 Å². The van der Waals surface area contributed by atoms with Crippen LogP contribution in [0.1, 0.15) is 53.4 Å². The van der Waals surface area contributed by atoms with E-state index in [1.807, 2.05) is 13.0 Å². The minimum Gasteiger partial charge on any atom is -0.295 e. The average molecular weight is 206 g/mol. The fraction of sp³-hybridized carbons (Fsp3) is 0.643. The number of carbonyl (C=O) groups is 1. The number of rotatable bonds is 3. The lowest BCUT2D eigenvalue weighted by Crippen LogP contribution is -2.19. The molecule has 1 aliphatic rings. The lowest BCUT2D eigenvalue weighted by atomic mass is 9.72. The quantitative estimate of drug-likeness (QED) is 0.637. The van der Waals surface area contributed by atoms with Gasteiger partial charge in [0.2, 0.25) is 0 Å². The smallest absolute Gasteiger partial charge is 0.155 e. The molecule has 0 unspecified atom stereocenters. The van der Waals surface area contributed by atoms with Crippen molar-refractivity contribution in [3.05, 3.63) is 23.3 Å². The lowest BCUT2D eigenvalue weighted by molar-refractivity contribution is -0.114. The first-order valence-corrected chi connectivity index (χ1v) is 5.88. The summed E-state index contributed by atoms with van der Waals surface area (Å²) in [5.74, 6) is 0.219. The van der Waals surface area contributed by atoms with Crippen molar-refractivity contribution in [1.82, 2.24) is 0 Å². The molecular formula is C14H22O. The van der Waals surface area contributed by atoms with Crippen molar-refractivity contribution in [2.45, 2.75) is 53.4 Å². The maximum atomic E-state index is 11.3. The Morgan fingerprint density at radius 2 is 2.13 bits per heavy atom. The van der Waals surface area contributed by atoms with Crippen molar-refractivity contribution >= 4 is 5.78 Å². The molecule has 1 heteroatoms. The van der Waals surface area contributed by atoms with Crippen LogP contribution in [0.5, 0.6) is 0 Å². The molecule has 0 radical (unpaired) electrons. The van der Waals surface area contributed by atoms with Gasteiger partial charge in [0.05, 0.1) is 0 Å². The van der Waals surface area contributed by atoms with E-state index in [0.29, 0.717) is 6.42 Å². The van der Waals surface area contributed by atoms with Crippen molar-refractivity contribution in [1.29, 1.82) is 0 Å². The molecule has 0 aromatic carbocycles. The number of hydrogen-bond acceptors (Lipinski definition) is 1. The van der Waals surface area contributed by atoms with Crippen LogP contribution in [0.3, 0.4) is 0 Å². The van der Waals surface area contributed by atoms with Gasteiger partial charge in [-0.1, -0.05) is 32.4 Å². The first kappa shape index (κ1) is 12.2. The molecule has 0 heterocycles. The summed E-state index contributed by atoms with van der Waals surface area (Å²) in [7, 11) is 0. The molecule has 0 N–H and O–H groups in total. The maximum Gasteiger partial charge on any atom is 0.155 e. The van der Waals surface area contributed by atoms with E-state index in [4.69, 9.17) is 0 Å². The van der Waals surface area contributed by atoms with Crippen LogP contribution in [0.15, 0.2) is 23.3 Å². The Morgan fingerprint density at radius 3 is 2.67 bits per heavy atom. The number of carbonyl (C=O) groups excluding carboxylic acids is 1. The topological polar surface area (TPSA) is 17.1 Å². The highest BCUT2D eigenvalue weighted by molar-refractivity contribution is 5.89. The number of hydrogen-bond donors (Lipinski definition) is 0. The number of ketones is 1. The third-order valence-electron chi connectivity index (χ3n) is 3.33. The number of allylic oxidation sites excluding steroid dienone is 4. The molecule has 84 valence electrons. The Hall–Kier alpha value is -0.850. The van der Waals surface area contributed by atoms with Gasteiger partial charge in [0.25, 0.3) is 0 Å². The van der Waals surface area contributed by atoms with Crippen molar-refractivity contribution in [2.75, 3.05) is 0 Å². The fourth-order valence-corrected chi connectivity index (χ4v) is 2.30. The Kier molecular flexibility index (Phi) is 3.90. The fourth-order valence-electron chi connectivity index (χ4n) is 2.30. The van der Waals surface area contributed by atoms with E-state index < -0.39 is 0 Å². The molecule has 1 rings (SSSR count). The summed E-state index contributed by atoms with van der Waals surface area (Å²) in [4.78, 5) is 11.3. The monoisotopic (exact) mass is 206 g/mol. The molecule has 0 aliphatic heterocycles. The molecule has 0 saturated carbocycles. The van der Waals surface area contributed by atoms with Gasteiger partial charge in [-0.15, -0.1) is 0 Å². The van der Waals surface area contributed by atoms with Crippen molar-refractivity contribution in [2.24, 2.45) is 5.41 Å². The summed E-state index contributed by atoms with van der Waals surface area (Å²) < 4.78 is 0. The molecule has 0 aromatic heterocycles. The zero-order valence-electron chi connectivity index (χ0n) is 10.4. The second kappa shape index (κ2) is 4.78. The lowest BCUT2D eigenvalue weighted by Gasteiger charge is -2.32. The Labute approximate surface area is 93.3 Å². The minimum atomic E-state index is 0.219. The second-order valence-electron chi connectivity index (χ2n) is 5.08. The Balaban J connectivity index is 2.90. The molecule has 0 fully saturated rings. The first-order chi connectivity index (χ1) is 6.97. The molecule has 0 spiro atoms. The van der Waals surface area contributed by atoms with Crippen LogP contribution in [0.4, 0.5) is 0 Å². The normalized spacial score (nSPS) is 21.1. The third kappa shape index (κ3) is 3.05. The Bertz CT molecular complexity index is 305. The molecular weight excluding hydrogens is 184 g/mol. The minimum absolute atomic E-state index is 0.219. The van der Waals surface area contributed by atoms with Crippen molar-refractivity contribution in [3.8, 4) is 0 Å². The summed E-state index contributed by atoms with van der Waals surface area (Å²) in [6.45, 7) is 8.63. The summed E-state index contributed by atoms with van der Waals surface area (Å²) >= 11 is 0. The van der Waals surface area contributed by atoms with Crippen LogP contribution in [0, 0.1) is 5.41 Å². The largest absolute Gasteiger partial charge is 0.295 e. The van der Waals surface area contributed by atoms with Gasteiger partial charge in [-0.3, -0.25) is 4.79 Å². The zero-order valence-corrected chi connectivity index (χ0v) is 10.4. The Morgan fingerprint density at radius 1 is 1.47 bits per heavy atom. The van der Waals surface area contributed by atoms with Gasteiger partial charge in [-0.05, 0) is 43.3 Å². The molecule has 0 amide bonds. The van der Waals surface area contributed by atoms with Gasteiger partial charge in [-0.2, -0.15) is 0 Å². The van der Waals surface area contributed by atoms with Crippen molar-refractivity contribution in [3.63, 3.8) is 0 Å². The van der Waals surface area contributed by atoms with Gasteiger partial charge in [0.1, 0.15) is 0 Å². The van der Waals surface area contributed by atoms with Crippen LogP contribution >= 0.6 is 0 Å². The summed E-state index contributed by atoms with van der Waals surface area (Å²) in [5, 5.41) is 0. The summed E-state index contributed by atoms with van der Waals surface area (Å²) in [6.07, 6.45) is 8.07. The molecule has 0 bridgehead atoms.